The number of hydrogen-bond donors (Lipinski definition) is 2. The molecule has 25 heavy (non-hydrogen) atoms. The zero-order chi connectivity index (χ0) is 18.4. The van der Waals surface area contributed by atoms with Gasteiger partial charge in [-0.25, -0.2) is 4.99 Å². The summed E-state index contributed by atoms with van der Waals surface area (Å²) in [7, 11) is 0. The van der Waals surface area contributed by atoms with E-state index >= 15 is 0 Å². The van der Waals surface area contributed by atoms with Crippen LogP contribution in [-0.4, -0.2) is 16.1 Å². The highest BCUT2D eigenvalue weighted by molar-refractivity contribution is 6.64. The third-order valence-electron chi connectivity index (χ3n) is 3.28. The summed E-state index contributed by atoms with van der Waals surface area (Å²) in [5, 5.41) is 6.78. The fraction of sp³-hybridized carbons (Fsp3) is 0.167. The average Bonchev–Trinajstić information content (AvgIpc) is 2.54. The van der Waals surface area contributed by atoms with Crippen LogP contribution < -0.4 is 10.6 Å². The largest absolute Gasteiger partial charge is 0.364 e. The Balaban J connectivity index is 2.09. The molecule has 1 heterocycles. The summed E-state index contributed by atoms with van der Waals surface area (Å²) < 4.78 is 0. The number of rotatable bonds is 6. The number of benzene rings is 1. The molecular weight excluding hydrogens is 359 g/mol. The molecule has 0 fully saturated rings. The molecule has 130 valence electrons. The highest BCUT2D eigenvalue weighted by Gasteiger charge is 2.10. The van der Waals surface area contributed by atoms with Gasteiger partial charge in [-0.3, -0.25) is 9.78 Å². The van der Waals surface area contributed by atoms with Gasteiger partial charge in [0.1, 0.15) is 11.0 Å². The maximum Gasteiger partial charge on any atom is 0.257 e. The van der Waals surface area contributed by atoms with E-state index in [1.54, 1.807) is 13.0 Å². The molecule has 0 saturated carbocycles. The van der Waals surface area contributed by atoms with Crippen LogP contribution in [0.2, 0.25) is 5.02 Å². The van der Waals surface area contributed by atoms with Crippen LogP contribution in [0.15, 0.2) is 60.1 Å². The molecule has 0 aliphatic rings. The number of carbonyl (C=O) groups is 1. The maximum absolute atomic E-state index is 12.3. The second kappa shape index (κ2) is 8.65. The molecule has 1 atom stereocenters. The van der Waals surface area contributed by atoms with E-state index in [1.165, 1.54) is 12.4 Å². The normalized spacial score (nSPS) is 12.4. The van der Waals surface area contributed by atoms with Crippen molar-refractivity contribution >= 4 is 40.0 Å². The predicted octanol–water partition coefficient (Wildman–Crippen LogP) is 4.77. The van der Waals surface area contributed by atoms with Gasteiger partial charge in [0.25, 0.3) is 5.91 Å². The molecule has 0 spiro atoms. The number of nitrogens with zero attached hydrogens (tertiary/aromatic N) is 2. The molecule has 7 heteroatoms. The van der Waals surface area contributed by atoms with Crippen LogP contribution in [0.25, 0.3) is 0 Å². The maximum atomic E-state index is 12.3. The number of aromatic nitrogens is 1. The number of nitrogens with one attached hydrogen (secondary N) is 2. The molecule has 0 saturated heterocycles. The van der Waals surface area contributed by atoms with E-state index in [0.29, 0.717) is 27.3 Å². The molecule has 0 bridgehead atoms. The Morgan fingerprint density at radius 1 is 1.32 bits per heavy atom. The van der Waals surface area contributed by atoms with Crippen LogP contribution in [0, 0.1) is 0 Å². The summed E-state index contributed by atoms with van der Waals surface area (Å²) in [6.45, 7) is 7.45. The van der Waals surface area contributed by atoms with Gasteiger partial charge in [-0.2, -0.15) is 0 Å². The first-order valence-corrected chi connectivity index (χ1v) is 8.29. The summed E-state index contributed by atoms with van der Waals surface area (Å²) >= 11 is 11.6. The molecule has 0 aliphatic heterocycles. The smallest absolute Gasteiger partial charge is 0.257 e. The van der Waals surface area contributed by atoms with Crippen molar-refractivity contribution in [1.82, 2.24) is 10.3 Å². The number of anilines is 1. The number of pyridine rings is 1. The van der Waals surface area contributed by atoms with Gasteiger partial charge in [0.15, 0.2) is 0 Å². The SMILES string of the molecule is C=C(/N=C(\C)Cl)NC(C)c1cccc(NC(=O)c2cncc(Cl)c2)c1. The van der Waals surface area contributed by atoms with Gasteiger partial charge in [-0.05, 0) is 37.6 Å². The quantitative estimate of drug-likeness (QED) is 0.713. The minimum Gasteiger partial charge on any atom is -0.364 e. The van der Waals surface area contributed by atoms with Gasteiger partial charge >= 0.3 is 0 Å². The lowest BCUT2D eigenvalue weighted by Gasteiger charge is -2.16. The van der Waals surface area contributed by atoms with Gasteiger partial charge in [0.05, 0.1) is 10.6 Å². The van der Waals surface area contributed by atoms with Crippen LogP contribution in [0.3, 0.4) is 0 Å². The lowest BCUT2D eigenvalue weighted by atomic mass is 10.1. The number of carbonyl (C=O) groups excluding carboxylic acids is 1. The third-order valence-corrected chi connectivity index (χ3v) is 3.57. The van der Waals surface area contributed by atoms with E-state index in [1.807, 2.05) is 31.2 Å². The topological polar surface area (TPSA) is 66.4 Å². The Kier molecular flexibility index (Phi) is 6.56. The van der Waals surface area contributed by atoms with Gasteiger partial charge in [0.2, 0.25) is 0 Å². The van der Waals surface area contributed by atoms with E-state index < -0.39 is 0 Å². The Labute approximate surface area is 156 Å². The molecule has 2 rings (SSSR count). The summed E-state index contributed by atoms with van der Waals surface area (Å²) in [5.41, 5.74) is 2.02. The zero-order valence-electron chi connectivity index (χ0n) is 13.9. The van der Waals surface area contributed by atoms with E-state index in [0.717, 1.165) is 5.56 Å². The highest BCUT2D eigenvalue weighted by Crippen LogP contribution is 2.19. The second-order valence-corrected chi connectivity index (χ2v) is 6.38. The van der Waals surface area contributed by atoms with E-state index in [-0.39, 0.29) is 11.9 Å². The molecule has 1 aromatic heterocycles. The van der Waals surface area contributed by atoms with Gasteiger partial charge in [-0.15, -0.1) is 0 Å². The highest BCUT2D eigenvalue weighted by atomic mass is 35.5. The van der Waals surface area contributed by atoms with Crippen LogP contribution in [0.1, 0.15) is 35.8 Å². The number of amides is 1. The van der Waals surface area contributed by atoms with E-state index in [9.17, 15) is 4.79 Å². The summed E-state index contributed by atoms with van der Waals surface area (Å²) in [6, 6.07) is 8.99. The molecule has 1 aromatic carbocycles. The second-order valence-electron chi connectivity index (χ2n) is 5.39. The minimum absolute atomic E-state index is 0.0584. The first kappa shape index (κ1) is 19.0. The molecule has 5 nitrogen and oxygen atoms in total. The molecule has 2 aromatic rings. The van der Waals surface area contributed by atoms with Gasteiger partial charge in [0, 0.05) is 24.1 Å². The lowest BCUT2D eigenvalue weighted by molar-refractivity contribution is 0.102. The van der Waals surface area contributed by atoms with Crippen molar-refractivity contribution in [2.75, 3.05) is 5.32 Å². The Hall–Kier alpha value is -2.37. The molecule has 1 unspecified atom stereocenters. The molecule has 0 radical (unpaired) electrons. The fourth-order valence-corrected chi connectivity index (χ4v) is 2.45. The van der Waals surface area contributed by atoms with E-state index in [2.05, 4.69) is 27.2 Å². The van der Waals surface area contributed by atoms with Crippen molar-refractivity contribution in [3.63, 3.8) is 0 Å². The first-order chi connectivity index (χ1) is 11.8. The number of aliphatic imine (C=N–C) groups is 1. The van der Waals surface area contributed by atoms with Gasteiger partial charge in [-0.1, -0.05) is 41.9 Å². The third kappa shape index (κ3) is 5.89. The fourth-order valence-electron chi connectivity index (χ4n) is 2.18. The van der Waals surface area contributed by atoms with Crippen LogP contribution in [0.5, 0.6) is 0 Å². The first-order valence-electron chi connectivity index (χ1n) is 7.53. The lowest BCUT2D eigenvalue weighted by Crippen LogP contribution is -2.17. The van der Waals surface area contributed by atoms with Crippen molar-refractivity contribution in [2.24, 2.45) is 4.99 Å². The van der Waals surface area contributed by atoms with E-state index in [4.69, 9.17) is 23.2 Å². The van der Waals surface area contributed by atoms with Crippen molar-refractivity contribution in [1.29, 1.82) is 0 Å². The summed E-state index contributed by atoms with van der Waals surface area (Å²) in [5.74, 6) is 0.193. The Bertz CT molecular complexity index is 816. The van der Waals surface area contributed by atoms with Crippen molar-refractivity contribution < 1.29 is 4.79 Å². The molecular formula is C18H18Cl2N4O. The summed E-state index contributed by atoms with van der Waals surface area (Å²) in [4.78, 5) is 20.2. The van der Waals surface area contributed by atoms with Crippen molar-refractivity contribution in [3.05, 3.63) is 71.3 Å². The molecule has 1 amide bonds. The van der Waals surface area contributed by atoms with Crippen LogP contribution in [0.4, 0.5) is 5.69 Å². The standard InChI is InChI=1S/C18H18Cl2N4O/c1-11(22-13(3)23-12(2)19)14-5-4-6-17(8-14)24-18(25)15-7-16(20)10-21-9-15/h4-11,22H,3H2,1-2H3,(H,24,25)/b23-12+. The molecule has 2 N–H and O–H groups in total. The predicted molar refractivity (Wildman–Crippen MR) is 103 cm³/mol. The zero-order valence-corrected chi connectivity index (χ0v) is 15.4. The molecule has 0 aliphatic carbocycles. The van der Waals surface area contributed by atoms with Crippen molar-refractivity contribution in [3.8, 4) is 0 Å². The van der Waals surface area contributed by atoms with Gasteiger partial charge < -0.3 is 10.6 Å². The Morgan fingerprint density at radius 3 is 2.76 bits per heavy atom. The monoisotopic (exact) mass is 376 g/mol. The average molecular weight is 377 g/mol. The van der Waals surface area contributed by atoms with Crippen LogP contribution in [-0.2, 0) is 0 Å². The van der Waals surface area contributed by atoms with Crippen molar-refractivity contribution in [2.45, 2.75) is 19.9 Å². The minimum atomic E-state index is -0.278. The number of halogens is 2. The number of hydrogen-bond acceptors (Lipinski definition) is 4. The summed E-state index contributed by atoms with van der Waals surface area (Å²) in [6.07, 6.45) is 2.94. The Morgan fingerprint density at radius 2 is 2.08 bits per heavy atom. The van der Waals surface area contributed by atoms with Crippen LogP contribution >= 0.6 is 23.2 Å².